The van der Waals surface area contributed by atoms with Gasteiger partial charge >= 0.3 is 0 Å². The molecule has 2 amide bonds. The largest absolute Gasteiger partial charge is 0.497 e. The summed E-state index contributed by atoms with van der Waals surface area (Å²) in [6, 6.07) is 14.0. The zero-order valence-electron chi connectivity index (χ0n) is 15.1. The molecule has 27 heavy (non-hydrogen) atoms. The van der Waals surface area contributed by atoms with Gasteiger partial charge in [0, 0.05) is 19.0 Å². The van der Waals surface area contributed by atoms with Crippen LogP contribution in [0.2, 0.25) is 0 Å². The van der Waals surface area contributed by atoms with Gasteiger partial charge in [-0.3, -0.25) is 9.59 Å². The van der Waals surface area contributed by atoms with Gasteiger partial charge in [0.15, 0.2) is 0 Å². The maximum atomic E-state index is 12.6. The maximum Gasteiger partial charge on any atom is 0.229 e. The molecule has 7 nitrogen and oxygen atoms in total. The first-order valence-corrected chi connectivity index (χ1v) is 8.39. The number of carbonyl (C=O) groups is 2. The average molecular weight is 365 g/mol. The Bertz CT molecular complexity index is 920. The smallest absolute Gasteiger partial charge is 0.229 e. The van der Waals surface area contributed by atoms with Gasteiger partial charge in [0.25, 0.3) is 0 Å². The Labute approximate surface area is 157 Å². The molecule has 138 valence electrons. The van der Waals surface area contributed by atoms with Crippen LogP contribution in [0.1, 0.15) is 12.0 Å². The van der Waals surface area contributed by atoms with Crippen molar-refractivity contribution in [2.24, 2.45) is 5.92 Å². The van der Waals surface area contributed by atoms with Crippen LogP contribution in [0, 0.1) is 17.2 Å². The van der Waals surface area contributed by atoms with Gasteiger partial charge in [0.1, 0.15) is 17.6 Å². The van der Waals surface area contributed by atoms with Gasteiger partial charge in [0.2, 0.25) is 11.8 Å². The number of anilines is 2. The number of nitrogens with zero attached hydrogens (tertiary/aromatic N) is 2. The van der Waals surface area contributed by atoms with Gasteiger partial charge in [0.05, 0.1) is 37.1 Å². The lowest BCUT2D eigenvalue weighted by molar-refractivity contribution is -0.122. The number of nitriles is 1. The first kappa shape index (κ1) is 18.3. The summed E-state index contributed by atoms with van der Waals surface area (Å²) in [5.74, 6) is 0.146. The van der Waals surface area contributed by atoms with Crippen molar-refractivity contribution < 1.29 is 19.1 Å². The summed E-state index contributed by atoms with van der Waals surface area (Å²) in [7, 11) is 3.07. The summed E-state index contributed by atoms with van der Waals surface area (Å²) in [6.45, 7) is 0.238. The lowest BCUT2D eigenvalue weighted by Crippen LogP contribution is -2.28. The molecule has 1 fully saturated rings. The molecule has 1 aliphatic heterocycles. The van der Waals surface area contributed by atoms with E-state index in [1.807, 2.05) is 6.07 Å². The molecular formula is C20H19N3O4. The van der Waals surface area contributed by atoms with Crippen LogP contribution >= 0.6 is 0 Å². The molecule has 0 aromatic heterocycles. The quantitative estimate of drug-likeness (QED) is 0.879. The van der Waals surface area contributed by atoms with Crippen molar-refractivity contribution in [3.05, 3.63) is 48.0 Å². The van der Waals surface area contributed by atoms with E-state index in [4.69, 9.17) is 14.7 Å². The standard InChI is InChI=1S/C20H19N3O4/c1-26-15-7-8-17(18(10-15)27-2)23-12-14(9-19(23)24)20(25)22-16-6-4-3-5-13(16)11-21/h3-8,10,14H,9,12H2,1-2H3,(H,22,25)/t14-/m0/s1. The van der Waals surface area contributed by atoms with E-state index in [1.54, 1.807) is 54.5 Å². The molecule has 1 saturated heterocycles. The number of carbonyl (C=O) groups excluding carboxylic acids is 2. The van der Waals surface area contributed by atoms with Crippen LogP contribution in [0.25, 0.3) is 0 Å². The first-order valence-electron chi connectivity index (χ1n) is 8.39. The van der Waals surface area contributed by atoms with Crippen LogP contribution in [0.4, 0.5) is 11.4 Å². The number of rotatable bonds is 5. The van der Waals surface area contributed by atoms with E-state index in [1.165, 1.54) is 7.11 Å². The highest BCUT2D eigenvalue weighted by atomic mass is 16.5. The van der Waals surface area contributed by atoms with Gasteiger partial charge in [-0.05, 0) is 24.3 Å². The van der Waals surface area contributed by atoms with Crippen LogP contribution in [-0.4, -0.2) is 32.6 Å². The first-order chi connectivity index (χ1) is 13.1. The predicted octanol–water partition coefficient (Wildman–Crippen LogP) is 2.57. The summed E-state index contributed by atoms with van der Waals surface area (Å²) >= 11 is 0. The minimum atomic E-state index is -0.518. The number of nitrogens with one attached hydrogen (secondary N) is 1. The summed E-state index contributed by atoms with van der Waals surface area (Å²) in [4.78, 5) is 26.6. The number of hydrogen-bond acceptors (Lipinski definition) is 5. The fraction of sp³-hybridized carbons (Fsp3) is 0.250. The Kier molecular flexibility index (Phi) is 5.27. The van der Waals surface area contributed by atoms with Crippen LogP contribution in [-0.2, 0) is 9.59 Å². The number of ether oxygens (including phenoxy) is 2. The second kappa shape index (κ2) is 7.79. The van der Waals surface area contributed by atoms with Crippen LogP contribution in [0.15, 0.2) is 42.5 Å². The van der Waals surface area contributed by atoms with E-state index in [9.17, 15) is 9.59 Å². The van der Waals surface area contributed by atoms with Crippen molar-refractivity contribution in [1.29, 1.82) is 5.26 Å². The average Bonchev–Trinajstić information content (AvgIpc) is 3.09. The van der Waals surface area contributed by atoms with Crippen molar-refractivity contribution >= 4 is 23.2 Å². The third-order valence-corrected chi connectivity index (χ3v) is 4.48. The molecule has 0 spiro atoms. The highest BCUT2D eigenvalue weighted by molar-refractivity contribution is 6.04. The number of amides is 2. The van der Waals surface area contributed by atoms with E-state index in [-0.39, 0.29) is 24.8 Å². The predicted molar refractivity (Wildman–Crippen MR) is 99.8 cm³/mol. The van der Waals surface area contributed by atoms with Crippen LogP contribution < -0.4 is 19.7 Å². The van der Waals surface area contributed by atoms with Crippen molar-refractivity contribution in [2.75, 3.05) is 31.0 Å². The molecule has 2 aromatic carbocycles. The van der Waals surface area contributed by atoms with Gasteiger partial charge in [-0.2, -0.15) is 5.26 Å². The zero-order valence-corrected chi connectivity index (χ0v) is 15.1. The molecule has 3 rings (SSSR count). The van der Waals surface area contributed by atoms with Crippen molar-refractivity contribution in [1.82, 2.24) is 0 Å². The highest BCUT2D eigenvalue weighted by Gasteiger charge is 2.36. The molecule has 0 aliphatic carbocycles. The third-order valence-electron chi connectivity index (χ3n) is 4.48. The van der Waals surface area contributed by atoms with E-state index in [0.29, 0.717) is 28.4 Å². The van der Waals surface area contributed by atoms with Gasteiger partial charge < -0.3 is 19.7 Å². The molecule has 1 heterocycles. The monoisotopic (exact) mass is 365 g/mol. The van der Waals surface area contributed by atoms with E-state index >= 15 is 0 Å². The molecule has 1 atom stereocenters. The molecule has 0 bridgehead atoms. The van der Waals surface area contributed by atoms with E-state index in [2.05, 4.69) is 5.32 Å². The lowest BCUT2D eigenvalue weighted by Gasteiger charge is -2.20. The molecule has 0 radical (unpaired) electrons. The second-order valence-corrected chi connectivity index (χ2v) is 6.09. The fourth-order valence-corrected chi connectivity index (χ4v) is 3.05. The SMILES string of the molecule is COc1ccc(N2C[C@@H](C(=O)Nc3ccccc3C#N)CC2=O)c(OC)c1. The fourth-order valence-electron chi connectivity index (χ4n) is 3.05. The molecule has 7 heteroatoms. The Morgan fingerprint density at radius 1 is 1.22 bits per heavy atom. The van der Waals surface area contributed by atoms with Gasteiger partial charge in [-0.1, -0.05) is 12.1 Å². The Morgan fingerprint density at radius 2 is 2.00 bits per heavy atom. The Balaban J connectivity index is 1.77. The van der Waals surface area contributed by atoms with Gasteiger partial charge in [-0.25, -0.2) is 0 Å². The lowest BCUT2D eigenvalue weighted by atomic mass is 10.1. The normalized spacial score (nSPS) is 16.0. The third kappa shape index (κ3) is 3.70. The van der Waals surface area contributed by atoms with E-state index < -0.39 is 5.92 Å². The molecule has 0 saturated carbocycles. The Hall–Kier alpha value is -3.53. The molecular weight excluding hydrogens is 346 g/mol. The maximum absolute atomic E-state index is 12.6. The Morgan fingerprint density at radius 3 is 2.70 bits per heavy atom. The minimum absolute atomic E-state index is 0.0930. The van der Waals surface area contributed by atoms with Gasteiger partial charge in [-0.15, -0.1) is 0 Å². The van der Waals surface area contributed by atoms with E-state index in [0.717, 1.165) is 0 Å². The van der Waals surface area contributed by atoms with Crippen LogP contribution in [0.3, 0.4) is 0 Å². The number of para-hydroxylation sites is 1. The summed E-state index contributed by atoms with van der Waals surface area (Å²) in [6.07, 6.45) is 0.0930. The molecule has 2 aromatic rings. The number of methoxy groups -OCH3 is 2. The topological polar surface area (TPSA) is 91.7 Å². The summed E-state index contributed by atoms with van der Waals surface area (Å²) in [5.41, 5.74) is 1.41. The molecule has 1 N–H and O–H groups in total. The van der Waals surface area contributed by atoms with Crippen molar-refractivity contribution in [3.63, 3.8) is 0 Å². The summed E-state index contributed by atoms with van der Waals surface area (Å²) < 4.78 is 10.5. The minimum Gasteiger partial charge on any atom is -0.497 e. The number of benzene rings is 2. The highest BCUT2D eigenvalue weighted by Crippen LogP contribution is 2.36. The zero-order chi connectivity index (χ0) is 19.4. The molecule has 0 unspecified atom stereocenters. The molecule has 1 aliphatic rings. The van der Waals surface area contributed by atoms with Crippen molar-refractivity contribution in [2.45, 2.75) is 6.42 Å². The van der Waals surface area contributed by atoms with Crippen LogP contribution in [0.5, 0.6) is 11.5 Å². The van der Waals surface area contributed by atoms with Crippen molar-refractivity contribution in [3.8, 4) is 17.6 Å². The number of hydrogen-bond donors (Lipinski definition) is 1. The second-order valence-electron chi connectivity index (χ2n) is 6.09. The summed E-state index contributed by atoms with van der Waals surface area (Å²) in [5, 5.41) is 11.9.